The first kappa shape index (κ1) is 14.9. The third kappa shape index (κ3) is 2.52. The summed E-state index contributed by atoms with van der Waals surface area (Å²) in [6.45, 7) is 4.19. The van der Waals surface area contributed by atoms with Gasteiger partial charge in [0.15, 0.2) is 0 Å². The van der Waals surface area contributed by atoms with Gasteiger partial charge in [0.1, 0.15) is 11.6 Å². The molecule has 2 rings (SSSR count). The normalized spacial score (nSPS) is 12.7. The molecule has 1 aromatic heterocycles. The van der Waals surface area contributed by atoms with Gasteiger partial charge in [0.2, 0.25) is 0 Å². The van der Waals surface area contributed by atoms with Crippen LogP contribution in [0.1, 0.15) is 38.3 Å². The molecule has 3 nitrogen and oxygen atoms in total. The zero-order valence-electron chi connectivity index (χ0n) is 12.0. The van der Waals surface area contributed by atoms with Crippen LogP contribution in [0.4, 0.5) is 10.2 Å². The summed E-state index contributed by atoms with van der Waals surface area (Å²) < 4.78 is 15.9. The molecule has 0 saturated carbocycles. The minimum absolute atomic E-state index is 0.0971. The predicted molar refractivity (Wildman–Crippen MR) is 81.3 cm³/mol. The van der Waals surface area contributed by atoms with Gasteiger partial charge >= 0.3 is 0 Å². The molecule has 0 aliphatic carbocycles. The van der Waals surface area contributed by atoms with E-state index in [9.17, 15) is 4.39 Å². The first-order valence-electron chi connectivity index (χ1n) is 6.74. The number of rotatable bonds is 4. The number of hydrogen-bond donors (Lipinski definition) is 1. The number of benzene rings is 1. The van der Waals surface area contributed by atoms with Crippen LogP contribution in [0.25, 0.3) is 11.1 Å². The lowest BCUT2D eigenvalue weighted by Crippen LogP contribution is -1.98. The monoisotopic (exact) mass is 295 g/mol. The van der Waals surface area contributed by atoms with E-state index in [1.165, 1.54) is 6.07 Å². The van der Waals surface area contributed by atoms with E-state index in [0.717, 1.165) is 18.5 Å². The summed E-state index contributed by atoms with van der Waals surface area (Å²) in [6.07, 6.45) is 2.01. The number of nitrogen functional groups attached to an aromatic ring is 1. The van der Waals surface area contributed by atoms with Gasteiger partial charge in [0, 0.05) is 18.5 Å². The molecule has 2 aromatic rings. The maximum atomic E-state index is 14.3. The van der Waals surface area contributed by atoms with Crippen molar-refractivity contribution in [2.45, 2.75) is 32.6 Å². The highest BCUT2D eigenvalue weighted by atomic mass is 35.5. The molecular formula is C15H19ClFN3. The van der Waals surface area contributed by atoms with Gasteiger partial charge in [-0.05, 0) is 12.5 Å². The number of aryl methyl sites for hydroxylation is 1. The number of anilines is 1. The lowest BCUT2D eigenvalue weighted by Gasteiger charge is -2.11. The summed E-state index contributed by atoms with van der Waals surface area (Å²) in [5.74, 6) is 0.236. The van der Waals surface area contributed by atoms with Crippen LogP contribution in [0.2, 0.25) is 5.02 Å². The minimum Gasteiger partial charge on any atom is -0.383 e. The Kier molecular flexibility index (Phi) is 4.33. The molecule has 0 aliphatic rings. The van der Waals surface area contributed by atoms with Crippen LogP contribution in [0.3, 0.4) is 0 Å². The maximum Gasteiger partial charge on any atom is 0.149 e. The molecule has 20 heavy (non-hydrogen) atoms. The quantitative estimate of drug-likeness (QED) is 0.910. The van der Waals surface area contributed by atoms with E-state index < -0.39 is 5.82 Å². The molecule has 1 aromatic carbocycles. The van der Waals surface area contributed by atoms with Crippen molar-refractivity contribution in [3.8, 4) is 11.1 Å². The molecule has 0 fully saturated rings. The summed E-state index contributed by atoms with van der Waals surface area (Å²) in [4.78, 5) is 0. The highest BCUT2D eigenvalue weighted by Gasteiger charge is 2.23. The van der Waals surface area contributed by atoms with Gasteiger partial charge in [0.05, 0.1) is 16.3 Å². The van der Waals surface area contributed by atoms with Crippen molar-refractivity contribution in [3.63, 3.8) is 0 Å². The van der Waals surface area contributed by atoms with Crippen LogP contribution in [0.15, 0.2) is 18.2 Å². The van der Waals surface area contributed by atoms with Crippen molar-refractivity contribution in [1.82, 2.24) is 9.78 Å². The van der Waals surface area contributed by atoms with Crippen LogP contribution >= 0.6 is 11.6 Å². The second-order valence-corrected chi connectivity index (χ2v) is 5.47. The SMILES string of the molecule is CCCC(C)c1nn(C)c(N)c1-c1cccc(Cl)c1F. The lowest BCUT2D eigenvalue weighted by atomic mass is 9.94. The standard InChI is InChI=1S/C15H19ClFN3/c1-4-6-9(2)14-12(15(18)20(3)19-14)10-7-5-8-11(16)13(10)17/h5,7-9H,4,6,18H2,1-3H3. The first-order valence-corrected chi connectivity index (χ1v) is 7.11. The molecule has 2 N–H and O–H groups in total. The molecule has 108 valence electrons. The van der Waals surface area contributed by atoms with Crippen molar-refractivity contribution >= 4 is 17.4 Å². The summed E-state index contributed by atoms with van der Waals surface area (Å²) in [6, 6.07) is 4.94. The first-order chi connectivity index (χ1) is 9.47. The zero-order chi connectivity index (χ0) is 14.9. The molecule has 0 spiro atoms. The van der Waals surface area contributed by atoms with Crippen LogP contribution < -0.4 is 5.73 Å². The van der Waals surface area contributed by atoms with Crippen LogP contribution in [-0.2, 0) is 7.05 Å². The summed E-state index contributed by atoms with van der Waals surface area (Å²) in [7, 11) is 1.77. The van der Waals surface area contributed by atoms with Crippen molar-refractivity contribution in [2.75, 3.05) is 5.73 Å². The smallest absolute Gasteiger partial charge is 0.149 e. The Morgan fingerprint density at radius 1 is 1.45 bits per heavy atom. The Labute approximate surface area is 123 Å². The van der Waals surface area contributed by atoms with E-state index in [2.05, 4.69) is 18.9 Å². The second-order valence-electron chi connectivity index (χ2n) is 5.06. The molecule has 1 atom stereocenters. The Balaban J connectivity index is 2.63. The number of hydrogen-bond acceptors (Lipinski definition) is 2. The van der Waals surface area contributed by atoms with Gasteiger partial charge in [-0.1, -0.05) is 44.0 Å². The summed E-state index contributed by atoms with van der Waals surface area (Å²) >= 11 is 5.87. The third-order valence-electron chi connectivity index (χ3n) is 3.53. The van der Waals surface area contributed by atoms with Gasteiger partial charge in [-0.3, -0.25) is 4.68 Å². The average Bonchev–Trinajstić information content (AvgIpc) is 2.70. The zero-order valence-corrected chi connectivity index (χ0v) is 12.7. The predicted octanol–water partition coefficient (Wildman–Crippen LogP) is 4.37. The van der Waals surface area contributed by atoms with Crippen molar-refractivity contribution in [1.29, 1.82) is 0 Å². The van der Waals surface area contributed by atoms with Crippen molar-refractivity contribution in [2.24, 2.45) is 7.05 Å². The Hall–Kier alpha value is -1.55. The molecule has 1 heterocycles. The molecule has 1 unspecified atom stereocenters. The lowest BCUT2D eigenvalue weighted by molar-refractivity contribution is 0.622. The number of nitrogens with two attached hydrogens (primary N) is 1. The molecule has 0 radical (unpaired) electrons. The van der Waals surface area contributed by atoms with Crippen molar-refractivity contribution < 1.29 is 4.39 Å². The van der Waals surface area contributed by atoms with Gasteiger partial charge in [-0.15, -0.1) is 0 Å². The van der Waals surface area contributed by atoms with E-state index >= 15 is 0 Å². The number of nitrogens with zero attached hydrogens (tertiary/aromatic N) is 2. The van der Waals surface area contributed by atoms with E-state index in [4.69, 9.17) is 17.3 Å². The van der Waals surface area contributed by atoms with E-state index in [-0.39, 0.29) is 10.9 Å². The summed E-state index contributed by atoms with van der Waals surface area (Å²) in [5, 5.41) is 4.55. The third-order valence-corrected chi connectivity index (χ3v) is 3.82. The summed E-state index contributed by atoms with van der Waals surface area (Å²) in [5.41, 5.74) is 7.98. The molecule has 0 bridgehead atoms. The van der Waals surface area contributed by atoms with Crippen LogP contribution in [0, 0.1) is 5.82 Å². The molecule has 0 saturated heterocycles. The fourth-order valence-electron chi connectivity index (χ4n) is 2.45. The Morgan fingerprint density at radius 3 is 2.80 bits per heavy atom. The van der Waals surface area contributed by atoms with Gasteiger partial charge in [0.25, 0.3) is 0 Å². The fraction of sp³-hybridized carbons (Fsp3) is 0.400. The van der Waals surface area contributed by atoms with E-state index in [1.807, 2.05) is 0 Å². The second kappa shape index (κ2) is 5.83. The molecule has 5 heteroatoms. The largest absolute Gasteiger partial charge is 0.383 e. The Bertz CT molecular complexity index is 622. The van der Waals surface area contributed by atoms with E-state index in [0.29, 0.717) is 16.9 Å². The topological polar surface area (TPSA) is 43.8 Å². The minimum atomic E-state index is -0.446. The number of halogens is 2. The van der Waals surface area contributed by atoms with Crippen molar-refractivity contribution in [3.05, 3.63) is 34.7 Å². The molecular weight excluding hydrogens is 277 g/mol. The molecule has 0 aliphatic heterocycles. The van der Waals surface area contributed by atoms with Gasteiger partial charge < -0.3 is 5.73 Å². The maximum absolute atomic E-state index is 14.3. The van der Waals surface area contributed by atoms with Gasteiger partial charge in [-0.25, -0.2) is 4.39 Å². The van der Waals surface area contributed by atoms with Gasteiger partial charge in [-0.2, -0.15) is 5.10 Å². The number of aromatic nitrogens is 2. The van der Waals surface area contributed by atoms with Crippen LogP contribution in [-0.4, -0.2) is 9.78 Å². The molecule has 0 amide bonds. The highest BCUT2D eigenvalue weighted by Crippen LogP contribution is 2.37. The van der Waals surface area contributed by atoms with E-state index in [1.54, 1.807) is 23.9 Å². The average molecular weight is 296 g/mol. The Morgan fingerprint density at radius 2 is 2.15 bits per heavy atom. The highest BCUT2D eigenvalue weighted by molar-refractivity contribution is 6.31. The van der Waals surface area contributed by atoms with Crippen LogP contribution in [0.5, 0.6) is 0 Å². The fourth-order valence-corrected chi connectivity index (χ4v) is 2.62.